The van der Waals surface area contributed by atoms with Gasteiger partial charge in [-0.2, -0.15) is 0 Å². The van der Waals surface area contributed by atoms with Gasteiger partial charge in [-0.15, -0.1) is 0 Å². The predicted octanol–water partition coefficient (Wildman–Crippen LogP) is 4.93. The van der Waals surface area contributed by atoms with Crippen molar-refractivity contribution in [2.24, 2.45) is 5.73 Å². The second kappa shape index (κ2) is 6.10. The van der Waals surface area contributed by atoms with Crippen molar-refractivity contribution >= 4 is 0 Å². The highest BCUT2D eigenvalue weighted by atomic mass is 16.5. The minimum Gasteiger partial charge on any atom is -0.457 e. The van der Waals surface area contributed by atoms with Gasteiger partial charge in [0.25, 0.3) is 0 Å². The molecule has 0 spiro atoms. The lowest BCUT2D eigenvalue weighted by Crippen LogP contribution is -2.06. The molecule has 0 radical (unpaired) electrons. The number of hydrogen-bond donors (Lipinski definition) is 1. The molecular weight excluding hydrogens is 246 g/mol. The van der Waals surface area contributed by atoms with E-state index in [0.29, 0.717) is 5.92 Å². The lowest BCUT2D eigenvalue weighted by molar-refractivity contribution is 0.467. The molecule has 0 aliphatic carbocycles. The predicted molar refractivity (Wildman–Crippen MR) is 84.4 cm³/mol. The molecule has 0 aliphatic heterocycles. The summed E-state index contributed by atoms with van der Waals surface area (Å²) in [6, 6.07) is 14.3. The van der Waals surface area contributed by atoms with Gasteiger partial charge in [-0.3, -0.25) is 0 Å². The molecule has 0 saturated carbocycles. The van der Waals surface area contributed by atoms with Crippen molar-refractivity contribution in [3.8, 4) is 11.5 Å². The maximum Gasteiger partial charge on any atom is 0.132 e. The normalized spacial score (nSPS) is 12.5. The molecule has 0 heterocycles. The molecule has 0 saturated heterocycles. The van der Waals surface area contributed by atoms with Crippen LogP contribution in [0, 0.1) is 6.92 Å². The Bertz CT molecular complexity index is 588. The number of ether oxygens (including phenoxy) is 1. The number of para-hydroxylation sites is 1. The van der Waals surface area contributed by atoms with Crippen molar-refractivity contribution in [2.45, 2.75) is 39.7 Å². The van der Waals surface area contributed by atoms with Gasteiger partial charge in [0, 0.05) is 11.6 Å². The SMILES string of the molecule is Cc1ccc(C(C)C)cc1Oc1ccccc1[C@@H](C)N. The van der Waals surface area contributed by atoms with Crippen LogP contribution in [0.25, 0.3) is 0 Å². The lowest BCUT2D eigenvalue weighted by Gasteiger charge is -2.16. The molecule has 2 N–H and O–H groups in total. The molecule has 2 rings (SSSR count). The minimum absolute atomic E-state index is 0.0419. The van der Waals surface area contributed by atoms with E-state index in [1.165, 1.54) is 5.56 Å². The van der Waals surface area contributed by atoms with Crippen LogP contribution in [0.5, 0.6) is 11.5 Å². The van der Waals surface area contributed by atoms with Crippen molar-refractivity contribution in [1.82, 2.24) is 0 Å². The Kier molecular flexibility index (Phi) is 4.46. The summed E-state index contributed by atoms with van der Waals surface area (Å²) in [5.41, 5.74) is 9.45. The molecule has 2 nitrogen and oxygen atoms in total. The van der Waals surface area contributed by atoms with Crippen LogP contribution in [0.1, 0.15) is 49.4 Å². The summed E-state index contributed by atoms with van der Waals surface area (Å²) in [4.78, 5) is 0. The number of aryl methyl sites for hydroxylation is 1. The summed E-state index contributed by atoms with van der Waals surface area (Å²) in [6.07, 6.45) is 0. The average Bonchev–Trinajstić information content (AvgIpc) is 2.41. The first-order valence-corrected chi connectivity index (χ1v) is 7.12. The molecule has 0 unspecified atom stereocenters. The van der Waals surface area contributed by atoms with Gasteiger partial charge in [-0.25, -0.2) is 0 Å². The fraction of sp³-hybridized carbons (Fsp3) is 0.333. The second-order valence-corrected chi connectivity index (χ2v) is 5.61. The molecule has 2 heteroatoms. The average molecular weight is 269 g/mol. The van der Waals surface area contributed by atoms with Crippen LogP contribution in [0.15, 0.2) is 42.5 Å². The van der Waals surface area contributed by atoms with E-state index in [9.17, 15) is 0 Å². The topological polar surface area (TPSA) is 35.2 Å². The van der Waals surface area contributed by atoms with Crippen LogP contribution < -0.4 is 10.5 Å². The third-order valence-corrected chi connectivity index (χ3v) is 3.51. The first kappa shape index (κ1) is 14.6. The van der Waals surface area contributed by atoms with Crippen LogP contribution in [-0.2, 0) is 0 Å². The summed E-state index contributed by atoms with van der Waals surface area (Å²) in [6.45, 7) is 8.40. The van der Waals surface area contributed by atoms with Crippen LogP contribution >= 0.6 is 0 Å². The Morgan fingerprint density at radius 2 is 1.65 bits per heavy atom. The molecule has 106 valence electrons. The van der Waals surface area contributed by atoms with Crippen LogP contribution in [0.4, 0.5) is 0 Å². The Morgan fingerprint density at radius 3 is 2.30 bits per heavy atom. The zero-order valence-corrected chi connectivity index (χ0v) is 12.7. The number of benzene rings is 2. The van der Waals surface area contributed by atoms with Crippen LogP contribution in [0.3, 0.4) is 0 Å². The van der Waals surface area contributed by atoms with E-state index >= 15 is 0 Å². The molecule has 1 atom stereocenters. The zero-order chi connectivity index (χ0) is 14.7. The Balaban J connectivity index is 2.37. The van der Waals surface area contributed by atoms with Gasteiger partial charge >= 0.3 is 0 Å². The molecule has 2 aromatic carbocycles. The maximum absolute atomic E-state index is 6.11. The van der Waals surface area contributed by atoms with E-state index in [4.69, 9.17) is 10.5 Å². The quantitative estimate of drug-likeness (QED) is 0.854. The number of nitrogens with two attached hydrogens (primary N) is 1. The third-order valence-electron chi connectivity index (χ3n) is 3.51. The van der Waals surface area contributed by atoms with Crippen molar-refractivity contribution in [1.29, 1.82) is 0 Å². The largest absolute Gasteiger partial charge is 0.457 e. The zero-order valence-electron chi connectivity index (χ0n) is 12.7. The molecule has 0 aliphatic rings. The highest BCUT2D eigenvalue weighted by molar-refractivity contribution is 5.44. The number of rotatable bonds is 4. The minimum atomic E-state index is -0.0419. The highest BCUT2D eigenvalue weighted by Gasteiger charge is 2.10. The van der Waals surface area contributed by atoms with Gasteiger partial charge in [0.05, 0.1) is 0 Å². The van der Waals surface area contributed by atoms with Gasteiger partial charge in [0.15, 0.2) is 0 Å². The summed E-state index contributed by atoms with van der Waals surface area (Å²) >= 11 is 0. The van der Waals surface area contributed by atoms with Gasteiger partial charge in [-0.1, -0.05) is 44.2 Å². The standard InChI is InChI=1S/C18H23NO/c1-12(2)15-10-9-13(3)18(11-15)20-17-8-6-5-7-16(17)14(4)19/h5-12,14H,19H2,1-4H3/t14-/m1/s1. The highest BCUT2D eigenvalue weighted by Crippen LogP contribution is 2.32. The Morgan fingerprint density at radius 1 is 0.950 bits per heavy atom. The Hall–Kier alpha value is -1.80. The van der Waals surface area contributed by atoms with Crippen molar-refractivity contribution in [3.05, 3.63) is 59.2 Å². The summed E-state index contributed by atoms with van der Waals surface area (Å²) in [7, 11) is 0. The van der Waals surface area contributed by atoms with Crippen molar-refractivity contribution in [2.75, 3.05) is 0 Å². The third kappa shape index (κ3) is 3.20. The van der Waals surface area contributed by atoms with E-state index < -0.39 is 0 Å². The van der Waals surface area contributed by atoms with Gasteiger partial charge in [0.1, 0.15) is 11.5 Å². The smallest absolute Gasteiger partial charge is 0.132 e. The van der Waals surface area contributed by atoms with Crippen molar-refractivity contribution in [3.63, 3.8) is 0 Å². The fourth-order valence-corrected chi connectivity index (χ4v) is 2.15. The van der Waals surface area contributed by atoms with Gasteiger partial charge < -0.3 is 10.5 Å². The molecule has 2 aromatic rings. The monoisotopic (exact) mass is 269 g/mol. The van der Waals surface area contributed by atoms with Gasteiger partial charge in [-0.05, 0) is 43.0 Å². The van der Waals surface area contributed by atoms with E-state index in [1.54, 1.807) is 0 Å². The molecule has 0 amide bonds. The van der Waals surface area contributed by atoms with Gasteiger partial charge in [0.2, 0.25) is 0 Å². The van der Waals surface area contributed by atoms with E-state index in [1.807, 2.05) is 31.2 Å². The molecule has 0 aromatic heterocycles. The van der Waals surface area contributed by atoms with Crippen LogP contribution in [-0.4, -0.2) is 0 Å². The lowest BCUT2D eigenvalue weighted by atomic mass is 10.0. The Labute approximate surface area is 121 Å². The first-order valence-electron chi connectivity index (χ1n) is 7.12. The summed E-state index contributed by atoms with van der Waals surface area (Å²) in [5.74, 6) is 2.23. The maximum atomic E-state index is 6.11. The van der Waals surface area contributed by atoms with E-state index in [-0.39, 0.29) is 6.04 Å². The molecule has 20 heavy (non-hydrogen) atoms. The van der Waals surface area contributed by atoms with Crippen molar-refractivity contribution < 1.29 is 4.74 Å². The number of hydrogen-bond acceptors (Lipinski definition) is 2. The first-order chi connectivity index (χ1) is 9.49. The van der Waals surface area contributed by atoms with E-state index in [0.717, 1.165) is 22.6 Å². The molecule has 0 fully saturated rings. The van der Waals surface area contributed by atoms with E-state index in [2.05, 4.69) is 39.0 Å². The fourth-order valence-electron chi connectivity index (χ4n) is 2.15. The summed E-state index contributed by atoms with van der Waals surface area (Å²) < 4.78 is 6.11. The van der Waals surface area contributed by atoms with Crippen LogP contribution in [0.2, 0.25) is 0 Å². The second-order valence-electron chi connectivity index (χ2n) is 5.61. The molecule has 0 bridgehead atoms. The summed E-state index contributed by atoms with van der Waals surface area (Å²) in [5, 5.41) is 0. The molecular formula is C18H23NO.